The van der Waals surface area contributed by atoms with Crippen LogP contribution in [-0.4, -0.2) is 109 Å². The van der Waals surface area contributed by atoms with E-state index >= 15 is 0 Å². The smallest absolute Gasteiger partial charge is 0.282 e. The highest BCUT2D eigenvalue weighted by atomic mass is 33.7. The second-order valence-electron chi connectivity index (χ2n) is 14.1. The molecule has 0 N–H and O–H groups in total. The average Bonchev–Trinajstić information content (AvgIpc) is 3.16. The fourth-order valence-corrected chi connectivity index (χ4v) is 16.0. The van der Waals surface area contributed by atoms with Crippen molar-refractivity contribution in [3.05, 3.63) is 0 Å². The predicted molar refractivity (Wildman–Crippen MR) is 257 cm³/mol. The summed E-state index contributed by atoms with van der Waals surface area (Å²) >= 11 is 4.03. The molecule has 14 heteroatoms. The van der Waals surface area contributed by atoms with Gasteiger partial charge in [-0.25, -0.2) is 9.15 Å². The number of rotatable bonds is 39. The lowest BCUT2D eigenvalue weighted by molar-refractivity contribution is -0.458. The van der Waals surface area contributed by atoms with Crippen LogP contribution in [0, 0.1) is 0 Å². The molecule has 0 aromatic rings. The van der Waals surface area contributed by atoms with Gasteiger partial charge in [-0.2, -0.15) is 0 Å². The Labute approximate surface area is 370 Å². The van der Waals surface area contributed by atoms with Crippen molar-refractivity contribution in [2.45, 2.75) is 182 Å². The van der Waals surface area contributed by atoms with E-state index in [1.165, 1.54) is 123 Å². The molecule has 334 valence electrons. The molecule has 56 heavy (non-hydrogen) atoms. The SMILES string of the molecule is CCOC(CCCCCCCCCCCSC(SSSSC(SCCCCCCCCCCCC(OCC)(OCC)OCC)=[N+](C)C)=[N+](C)C)(OCC)OCC. The lowest BCUT2D eigenvalue weighted by atomic mass is 10.1. The van der Waals surface area contributed by atoms with Crippen LogP contribution >= 0.6 is 64.8 Å². The van der Waals surface area contributed by atoms with Crippen LogP contribution in [0.3, 0.4) is 0 Å². The number of hydrogen-bond acceptors (Lipinski definition) is 12. The Hall–Kier alpha value is 1.20. The molecule has 8 nitrogen and oxygen atoms in total. The normalized spacial score (nSPS) is 12.1. The van der Waals surface area contributed by atoms with E-state index in [0.29, 0.717) is 39.6 Å². The van der Waals surface area contributed by atoms with Gasteiger partial charge in [0, 0.05) is 85.6 Å². The molecule has 0 spiro atoms. The van der Waals surface area contributed by atoms with E-state index in [2.05, 4.69) is 37.3 Å². The van der Waals surface area contributed by atoms with Gasteiger partial charge in [-0.3, -0.25) is 0 Å². The summed E-state index contributed by atoms with van der Waals surface area (Å²) in [6.45, 7) is 15.6. The van der Waals surface area contributed by atoms with E-state index < -0.39 is 11.9 Å². The molecule has 0 radical (unpaired) electrons. The molecule has 0 bridgehead atoms. The van der Waals surface area contributed by atoms with Crippen LogP contribution in [0.25, 0.3) is 0 Å². The van der Waals surface area contributed by atoms with E-state index in [1.54, 1.807) is 0 Å². The number of unbranched alkanes of at least 4 members (excludes halogenated alkanes) is 16. The van der Waals surface area contributed by atoms with Crippen LogP contribution in [0.1, 0.15) is 170 Å². The molecule has 0 amide bonds. The highest BCUT2D eigenvalue weighted by Gasteiger charge is 2.32. The molecule has 0 atom stereocenters. The van der Waals surface area contributed by atoms with Crippen molar-refractivity contribution in [2.24, 2.45) is 0 Å². The zero-order chi connectivity index (χ0) is 41.6. The summed E-state index contributed by atoms with van der Waals surface area (Å²) in [7, 11) is 16.3. The second kappa shape index (κ2) is 40.3. The van der Waals surface area contributed by atoms with Gasteiger partial charge in [0.1, 0.15) is 28.2 Å². The minimum atomic E-state index is -0.847. The van der Waals surface area contributed by atoms with Crippen LogP contribution in [0.15, 0.2) is 0 Å². The molecule has 0 saturated carbocycles. The van der Waals surface area contributed by atoms with Crippen molar-refractivity contribution in [3.63, 3.8) is 0 Å². The van der Waals surface area contributed by atoms with Gasteiger partial charge in [-0.05, 0) is 110 Å². The molecule has 0 aromatic heterocycles. The van der Waals surface area contributed by atoms with E-state index in [0.717, 1.165) is 25.7 Å². The third-order valence-corrected chi connectivity index (χ3v) is 18.9. The van der Waals surface area contributed by atoms with Gasteiger partial charge >= 0.3 is 0 Å². The molecule has 0 heterocycles. The first-order valence-electron chi connectivity index (χ1n) is 22.0. The van der Waals surface area contributed by atoms with Crippen molar-refractivity contribution >= 4 is 73.5 Å². The van der Waals surface area contributed by atoms with Gasteiger partial charge in [-0.1, -0.05) is 89.9 Å². The molecule has 0 rings (SSSR count). The summed E-state index contributed by atoms with van der Waals surface area (Å²) in [5.41, 5.74) is 0. The van der Waals surface area contributed by atoms with Crippen molar-refractivity contribution in [2.75, 3.05) is 79.3 Å². The summed E-state index contributed by atoms with van der Waals surface area (Å²) in [5.74, 6) is 0.704. The van der Waals surface area contributed by atoms with Crippen molar-refractivity contribution in [3.8, 4) is 0 Å². The first kappa shape index (κ1) is 57.2. The van der Waals surface area contributed by atoms with E-state index in [1.807, 2.05) is 106 Å². The molecular formula is C42H86N2O6S6+2. The van der Waals surface area contributed by atoms with Gasteiger partial charge in [-0.15, -0.1) is 0 Å². The molecule has 0 fully saturated rings. The number of thioether (sulfide) groups is 2. The summed E-state index contributed by atoms with van der Waals surface area (Å²) in [6, 6.07) is 0. The largest absolute Gasteiger partial charge is 0.328 e. The van der Waals surface area contributed by atoms with Crippen molar-refractivity contribution in [1.29, 1.82) is 0 Å². The molecule has 0 aliphatic rings. The first-order valence-corrected chi connectivity index (χ1v) is 28.8. The molecular weight excluding hydrogens is 821 g/mol. The second-order valence-corrected chi connectivity index (χ2v) is 22.5. The fourth-order valence-electron chi connectivity index (χ4n) is 6.22. The topological polar surface area (TPSA) is 61.4 Å². The average molecular weight is 908 g/mol. The maximum atomic E-state index is 5.86. The van der Waals surface area contributed by atoms with Crippen LogP contribution < -0.4 is 0 Å². The Morgan fingerprint density at radius 3 is 0.821 bits per heavy atom. The highest BCUT2D eigenvalue weighted by molar-refractivity contribution is 9.30. The zero-order valence-electron chi connectivity index (χ0n) is 37.6. The van der Waals surface area contributed by atoms with Crippen LogP contribution in [-0.2, 0) is 28.4 Å². The Bertz CT molecular complexity index is 849. The Kier molecular flexibility index (Phi) is 41.1. The van der Waals surface area contributed by atoms with E-state index in [4.69, 9.17) is 28.4 Å². The number of hydrogen-bond donors (Lipinski definition) is 0. The van der Waals surface area contributed by atoms with Crippen LogP contribution in [0.2, 0.25) is 0 Å². The molecule has 0 aromatic carbocycles. The third-order valence-electron chi connectivity index (χ3n) is 8.86. The maximum absolute atomic E-state index is 5.86. The summed E-state index contributed by atoms with van der Waals surface area (Å²) in [5, 5.41) is 0. The van der Waals surface area contributed by atoms with Gasteiger partial charge in [0.25, 0.3) is 20.7 Å². The van der Waals surface area contributed by atoms with Crippen LogP contribution in [0.4, 0.5) is 0 Å². The van der Waals surface area contributed by atoms with Gasteiger partial charge in [0.15, 0.2) is 0 Å². The molecule has 0 saturated heterocycles. The first-order chi connectivity index (χ1) is 27.2. The van der Waals surface area contributed by atoms with Crippen LogP contribution in [0.5, 0.6) is 0 Å². The third kappa shape index (κ3) is 31.1. The minimum absolute atomic E-state index is 0.604. The molecule has 0 unspecified atom stereocenters. The Morgan fingerprint density at radius 2 is 0.589 bits per heavy atom. The summed E-state index contributed by atoms with van der Waals surface area (Å²) < 4.78 is 42.5. The highest BCUT2D eigenvalue weighted by Crippen LogP contribution is 2.47. The van der Waals surface area contributed by atoms with Gasteiger partial charge in [0.2, 0.25) is 0 Å². The maximum Gasteiger partial charge on any atom is 0.282 e. The standard InChI is InChI=1S/C42H86N2O6S6/c1-11-45-41(46-12-2,47-13-3)35-31-27-23-19-17-21-25-29-33-37-51-39(43(7)8)53-55-56-54-40(44(9)10)52-38-34-30-26-22-18-20-24-28-32-36-42(48-14-4,49-15-5)50-16-6/h11-38H2,1-10H3/q+2. The number of ether oxygens (including phenoxy) is 6. The van der Waals surface area contributed by atoms with E-state index in [-0.39, 0.29) is 0 Å². The summed E-state index contributed by atoms with van der Waals surface area (Å²) in [4.78, 5) is 0. The van der Waals surface area contributed by atoms with E-state index in [9.17, 15) is 0 Å². The lowest BCUT2D eigenvalue weighted by Gasteiger charge is -2.32. The lowest BCUT2D eigenvalue weighted by Crippen LogP contribution is -2.39. The van der Waals surface area contributed by atoms with Gasteiger partial charge < -0.3 is 28.4 Å². The molecule has 0 aliphatic heterocycles. The minimum Gasteiger partial charge on any atom is -0.328 e. The van der Waals surface area contributed by atoms with Crippen molar-refractivity contribution in [1.82, 2.24) is 0 Å². The Morgan fingerprint density at radius 1 is 0.357 bits per heavy atom. The molecule has 0 aliphatic carbocycles. The quantitative estimate of drug-likeness (QED) is 0.0147. The van der Waals surface area contributed by atoms with Crippen molar-refractivity contribution < 1.29 is 37.6 Å². The zero-order valence-corrected chi connectivity index (χ0v) is 42.5. The number of nitrogens with zero attached hydrogens (tertiary/aromatic N) is 2. The summed E-state index contributed by atoms with van der Waals surface area (Å²) in [6.07, 6.45) is 24.7. The Balaban J connectivity index is 3.98. The predicted octanol–water partition coefficient (Wildman–Crippen LogP) is 13.7. The van der Waals surface area contributed by atoms with Gasteiger partial charge in [0.05, 0.1) is 0 Å². The fraction of sp³-hybridized carbons (Fsp3) is 0.952. The monoisotopic (exact) mass is 906 g/mol.